The third-order valence-electron chi connectivity index (χ3n) is 7.13. The van der Waals surface area contributed by atoms with Gasteiger partial charge < -0.3 is 24.1 Å². The van der Waals surface area contributed by atoms with Crippen LogP contribution in [0.5, 0.6) is 5.88 Å². The smallest absolute Gasteiger partial charge is 0.343 e. The molecule has 1 N–H and O–H groups in total. The van der Waals surface area contributed by atoms with Crippen molar-refractivity contribution in [2.45, 2.75) is 58.3 Å². The van der Waals surface area contributed by atoms with Gasteiger partial charge in [0.05, 0.1) is 36.9 Å². The van der Waals surface area contributed by atoms with Gasteiger partial charge in [0.15, 0.2) is 0 Å². The Morgan fingerprint density at radius 2 is 2.00 bits per heavy atom. The molecule has 0 unspecified atom stereocenters. The van der Waals surface area contributed by atoms with Gasteiger partial charge in [0.2, 0.25) is 11.3 Å². The van der Waals surface area contributed by atoms with Gasteiger partial charge in [-0.3, -0.25) is 4.79 Å². The Balaban J connectivity index is 1.34. The number of aromatic nitrogens is 2. The first-order chi connectivity index (χ1) is 17.4. The maximum Gasteiger partial charge on any atom is 0.343 e. The Kier molecular flexibility index (Phi) is 7.07. The Labute approximate surface area is 210 Å². The number of carbonyl (C=O) groups is 1. The lowest BCUT2D eigenvalue weighted by atomic mass is 10.0. The molecule has 36 heavy (non-hydrogen) atoms. The van der Waals surface area contributed by atoms with Crippen LogP contribution in [-0.4, -0.2) is 53.5 Å². The van der Waals surface area contributed by atoms with E-state index in [9.17, 15) is 9.59 Å². The van der Waals surface area contributed by atoms with Crippen molar-refractivity contribution < 1.29 is 19.0 Å². The summed E-state index contributed by atoms with van der Waals surface area (Å²) in [7, 11) is 0. The summed E-state index contributed by atoms with van der Waals surface area (Å²) in [5.41, 5.74) is 2.86. The third-order valence-corrected chi connectivity index (χ3v) is 7.13. The second-order valence-corrected chi connectivity index (χ2v) is 9.90. The quantitative estimate of drug-likeness (QED) is 0.508. The van der Waals surface area contributed by atoms with Gasteiger partial charge in [0.1, 0.15) is 11.7 Å². The van der Waals surface area contributed by atoms with Crippen LogP contribution in [0, 0.1) is 5.92 Å². The molecule has 0 saturated carbocycles. The highest BCUT2D eigenvalue weighted by atomic mass is 16.5. The average molecular weight is 492 g/mol. The minimum absolute atomic E-state index is 0.0168. The summed E-state index contributed by atoms with van der Waals surface area (Å²) in [6, 6.07) is 10.3. The molecule has 1 aliphatic heterocycles. The molecule has 8 nitrogen and oxygen atoms in total. The second-order valence-electron chi connectivity index (χ2n) is 9.90. The fourth-order valence-corrected chi connectivity index (χ4v) is 5.08. The van der Waals surface area contributed by atoms with Crippen LogP contribution in [0.15, 0.2) is 47.5 Å². The van der Waals surface area contributed by atoms with Crippen molar-refractivity contribution in [1.82, 2.24) is 14.9 Å². The summed E-state index contributed by atoms with van der Waals surface area (Å²) in [6.07, 6.45) is 4.79. The molecule has 0 bridgehead atoms. The van der Waals surface area contributed by atoms with Crippen molar-refractivity contribution in [2.24, 2.45) is 5.92 Å². The normalized spacial score (nSPS) is 20.8. The zero-order chi connectivity index (χ0) is 25.2. The van der Waals surface area contributed by atoms with E-state index in [4.69, 9.17) is 14.2 Å². The first kappa shape index (κ1) is 24.5. The molecule has 3 aromatic rings. The van der Waals surface area contributed by atoms with Gasteiger partial charge in [-0.2, -0.15) is 0 Å². The van der Waals surface area contributed by atoms with Crippen LogP contribution >= 0.6 is 0 Å². The number of morpholine rings is 1. The summed E-state index contributed by atoms with van der Waals surface area (Å²) < 4.78 is 19.2. The monoisotopic (exact) mass is 491 g/mol. The SMILES string of the molecule is CCn1cc(C(=O)OC[C@@H](C)[C@@H]2COC[C@H](C)N2)c(=O)c2cc(OC3Cc4ccccc4C3)ncc21. The number of aryl methyl sites for hydroxylation is 1. The zero-order valence-corrected chi connectivity index (χ0v) is 21.0. The maximum atomic E-state index is 13.4. The summed E-state index contributed by atoms with van der Waals surface area (Å²) in [5, 5.41) is 3.87. The van der Waals surface area contributed by atoms with Crippen molar-refractivity contribution in [3.05, 3.63) is 69.6 Å². The van der Waals surface area contributed by atoms with E-state index in [1.165, 1.54) is 11.1 Å². The lowest BCUT2D eigenvalue weighted by molar-refractivity contribution is 0.0118. The average Bonchev–Trinajstić information content (AvgIpc) is 3.30. The van der Waals surface area contributed by atoms with E-state index in [1.54, 1.807) is 18.5 Å². The molecule has 0 radical (unpaired) electrons. The van der Waals surface area contributed by atoms with Gasteiger partial charge >= 0.3 is 5.97 Å². The largest absolute Gasteiger partial charge is 0.474 e. The van der Waals surface area contributed by atoms with Gasteiger partial charge in [0.25, 0.3) is 0 Å². The Morgan fingerprint density at radius 3 is 2.69 bits per heavy atom. The van der Waals surface area contributed by atoms with Crippen LogP contribution < -0.4 is 15.5 Å². The Morgan fingerprint density at radius 1 is 1.25 bits per heavy atom. The first-order valence-electron chi connectivity index (χ1n) is 12.7. The van der Waals surface area contributed by atoms with E-state index in [2.05, 4.69) is 29.4 Å². The summed E-state index contributed by atoms with van der Waals surface area (Å²) >= 11 is 0. The molecule has 1 fully saturated rings. The number of fused-ring (bicyclic) bond motifs is 2. The van der Waals surface area contributed by atoms with Crippen LogP contribution in [0.1, 0.15) is 42.3 Å². The highest BCUT2D eigenvalue weighted by Crippen LogP contribution is 2.26. The number of ether oxygens (including phenoxy) is 3. The number of rotatable bonds is 7. The molecule has 190 valence electrons. The molecule has 8 heteroatoms. The van der Waals surface area contributed by atoms with Crippen molar-refractivity contribution in [1.29, 1.82) is 0 Å². The topological polar surface area (TPSA) is 91.7 Å². The van der Waals surface area contributed by atoms with Crippen LogP contribution in [0.4, 0.5) is 0 Å². The van der Waals surface area contributed by atoms with Crippen molar-refractivity contribution in [3.8, 4) is 5.88 Å². The molecular weight excluding hydrogens is 458 g/mol. The summed E-state index contributed by atoms with van der Waals surface area (Å²) in [4.78, 5) is 30.8. The van der Waals surface area contributed by atoms with E-state index in [-0.39, 0.29) is 41.7 Å². The summed E-state index contributed by atoms with van der Waals surface area (Å²) in [6.45, 7) is 8.04. The standard InChI is InChI=1S/C28H33N3O5/c1-4-31-13-23(28(33)35-14-17(2)24-16-34-15-18(3)30-24)27(32)22-11-26(29-12-25(22)31)36-21-9-19-7-5-6-8-20(19)10-21/h5-8,11-13,17-18,21,24,30H,4,9-10,14-16H2,1-3H3/t17-,18+,24+/m1/s1. The number of benzene rings is 1. The van der Waals surface area contributed by atoms with Crippen LogP contribution in [0.2, 0.25) is 0 Å². The highest BCUT2D eigenvalue weighted by molar-refractivity contribution is 5.93. The number of hydrogen-bond acceptors (Lipinski definition) is 7. The first-order valence-corrected chi connectivity index (χ1v) is 12.7. The molecule has 1 aliphatic carbocycles. The lowest BCUT2D eigenvalue weighted by Crippen LogP contribution is -2.51. The minimum Gasteiger partial charge on any atom is -0.474 e. The van der Waals surface area contributed by atoms with Crippen molar-refractivity contribution in [2.75, 3.05) is 19.8 Å². The molecule has 1 aromatic carbocycles. The van der Waals surface area contributed by atoms with Crippen LogP contribution in [0.25, 0.3) is 10.9 Å². The molecule has 2 aromatic heterocycles. The molecule has 0 amide bonds. The number of pyridine rings is 2. The fourth-order valence-electron chi connectivity index (χ4n) is 5.08. The van der Waals surface area contributed by atoms with E-state index < -0.39 is 5.97 Å². The number of nitrogens with one attached hydrogen (secondary N) is 1. The lowest BCUT2D eigenvalue weighted by Gasteiger charge is -2.32. The second kappa shape index (κ2) is 10.4. The molecule has 3 atom stereocenters. The molecule has 1 saturated heterocycles. The van der Waals surface area contributed by atoms with Gasteiger partial charge in [0, 0.05) is 49.7 Å². The maximum absolute atomic E-state index is 13.4. The Hall–Kier alpha value is -3.23. The van der Waals surface area contributed by atoms with E-state index in [1.807, 2.05) is 30.5 Å². The van der Waals surface area contributed by atoms with Crippen molar-refractivity contribution >= 4 is 16.9 Å². The Bertz CT molecular complexity index is 1300. The highest BCUT2D eigenvalue weighted by Gasteiger charge is 2.26. The fraction of sp³-hybridized carbons (Fsp3) is 0.464. The third kappa shape index (κ3) is 5.01. The predicted molar refractivity (Wildman–Crippen MR) is 137 cm³/mol. The molecule has 5 rings (SSSR count). The van der Waals surface area contributed by atoms with Crippen molar-refractivity contribution in [3.63, 3.8) is 0 Å². The minimum atomic E-state index is -0.619. The van der Waals surface area contributed by atoms with Gasteiger partial charge in [-0.15, -0.1) is 0 Å². The number of carbonyl (C=O) groups excluding carboxylic acids is 1. The molecule has 2 aliphatic rings. The number of hydrogen-bond donors (Lipinski definition) is 1. The van der Waals surface area contributed by atoms with Crippen LogP contribution in [-0.2, 0) is 28.9 Å². The molecule has 3 heterocycles. The zero-order valence-electron chi connectivity index (χ0n) is 21.0. The van der Waals surface area contributed by atoms with Gasteiger partial charge in [-0.1, -0.05) is 31.2 Å². The van der Waals surface area contributed by atoms with Gasteiger partial charge in [-0.25, -0.2) is 9.78 Å². The van der Waals surface area contributed by atoms with E-state index in [0.29, 0.717) is 36.5 Å². The van der Waals surface area contributed by atoms with E-state index in [0.717, 1.165) is 12.8 Å². The molecule has 0 spiro atoms. The number of nitrogens with zero attached hydrogens (tertiary/aromatic N) is 2. The molecular formula is C28H33N3O5. The summed E-state index contributed by atoms with van der Waals surface area (Å²) in [5.74, 6) is -0.187. The number of esters is 1. The van der Waals surface area contributed by atoms with E-state index >= 15 is 0 Å². The van der Waals surface area contributed by atoms with Crippen LogP contribution in [0.3, 0.4) is 0 Å². The van der Waals surface area contributed by atoms with Gasteiger partial charge in [-0.05, 0) is 25.0 Å². The predicted octanol–water partition coefficient (Wildman–Crippen LogP) is 3.13.